The molecule has 4 N–H and O–H groups in total. The van der Waals surface area contributed by atoms with Crippen LogP contribution in [0.4, 0.5) is 0 Å². The molecule has 0 bridgehead atoms. The minimum atomic E-state index is -0.697. The lowest BCUT2D eigenvalue weighted by Crippen LogP contribution is -2.40. The summed E-state index contributed by atoms with van der Waals surface area (Å²) in [6.45, 7) is 4.73. The highest BCUT2D eigenvalue weighted by Crippen LogP contribution is 2.09. The molecule has 1 unspecified atom stereocenters. The highest BCUT2D eigenvalue weighted by atomic mass is 16.3. The number of unbranched alkanes of at least 4 members (excludes halogenated alkanes) is 1. The Morgan fingerprint density at radius 2 is 1.83 bits per heavy atom. The molecular formula is C15H26N4O5. The van der Waals surface area contributed by atoms with E-state index in [-0.39, 0.29) is 23.3 Å². The van der Waals surface area contributed by atoms with Crippen LogP contribution in [0.15, 0.2) is 15.9 Å². The quantitative estimate of drug-likeness (QED) is 0.600. The van der Waals surface area contributed by atoms with Crippen molar-refractivity contribution in [3.63, 3.8) is 0 Å². The van der Waals surface area contributed by atoms with Crippen molar-refractivity contribution in [3.8, 4) is 0 Å². The van der Waals surface area contributed by atoms with Crippen LogP contribution in [0, 0.1) is 0 Å². The Balaban J connectivity index is 0.00000288. The van der Waals surface area contributed by atoms with E-state index in [2.05, 4.69) is 4.98 Å². The standard InChI is InChI=1S/C15H24N4O4.H2O/c1-3-18-13-12(14(22)19(4-2)15(18)23)17(10-16-13)8-6-5-7-11(21)9-20;/h10-11,20-21H,3-9H2,1-2H3;1H2. The molecule has 0 fully saturated rings. The zero-order valence-corrected chi connectivity index (χ0v) is 14.1. The van der Waals surface area contributed by atoms with E-state index in [0.717, 1.165) is 12.8 Å². The predicted octanol–water partition coefficient (Wildman–Crippen LogP) is -0.902. The number of aliphatic hydroxyl groups is 2. The van der Waals surface area contributed by atoms with Gasteiger partial charge < -0.3 is 20.3 Å². The molecule has 24 heavy (non-hydrogen) atoms. The van der Waals surface area contributed by atoms with Gasteiger partial charge in [-0.2, -0.15) is 0 Å². The summed E-state index contributed by atoms with van der Waals surface area (Å²) in [7, 11) is 0. The van der Waals surface area contributed by atoms with Gasteiger partial charge in [-0.05, 0) is 33.1 Å². The van der Waals surface area contributed by atoms with Crippen LogP contribution in [0.5, 0.6) is 0 Å². The molecule has 0 aliphatic rings. The molecule has 0 saturated heterocycles. The summed E-state index contributed by atoms with van der Waals surface area (Å²) >= 11 is 0. The second-order valence-electron chi connectivity index (χ2n) is 5.52. The average Bonchev–Trinajstić information content (AvgIpc) is 2.96. The van der Waals surface area contributed by atoms with Gasteiger partial charge in [0.1, 0.15) is 0 Å². The van der Waals surface area contributed by atoms with E-state index in [1.807, 2.05) is 6.92 Å². The Morgan fingerprint density at radius 1 is 1.17 bits per heavy atom. The average molecular weight is 342 g/mol. The first-order valence-corrected chi connectivity index (χ1v) is 8.02. The smallest absolute Gasteiger partial charge is 0.332 e. The minimum Gasteiger partial charge on any atom is -0.412 e. The summed E-state index contributed by atoms with van der Waals surface area (Å²) in [5, 5.41) is 18.1. The lowest BCUT2D eigenvalue weighted by atomic mass is 10.1. The molecular weight excluding hydrogens is 316 g/mol. The number of nitrogens with zero attached hydrogens (tertiary/aromatic N) is 4. The molecule has 0 saturated carbocycles. The van der Waals surface area contributed by atoms with E-state index in [0.29, 0.717) is 37.2 Å². The fourth-order valence-corrected chi connectivity index (χ4v) is 2.73. The maximum Gasteiger partial charge on any atom is 0.332 e. The molecule has 9 nitrogen and oxygen atoms in total. The summed E-state index contributed by atoms with van der Waals surface area (Å²) in [4.78, 5) is 29.0. The molecule has 0 radical (unpaired) electrons. The minimum absolute atomic E-state index is 0. The number of fused-ring (bicyclic) bond motifs is 1. The molecule has 0 amide bonds. The van der Waals surface area contributed by atoms with Gasteiger partial charge in [-0.1, -0.05) is 0 Å². The van der Waals surface area contributed by atoms with Crippen LogP contribution in [0.3, 0.4) is 0 Å². The van der Waals surface area contributed by atoms with Crippen LogP contribution in [-0.2, 0) is 19.6 Å². The van der Waals surface area contributed by atoms with Gasteiger partial charge in [-0.3, -0.25) is 13.9 Å². The third kappa shape index (κ3) is 3.74. The maximum atomic E-state index is 12.5. The Morgan fingerprint density at radius 3 is 2.42 bits per heavy atom. The normalized spacial score (nSPS) is 12.3. The monoisotopic (exact) mass is 342 g/mol. The number of aliphatic hydroxyl groups excluding tert-OH is 2. The first-order chi connectivity index (χ1) is 11.0. The van der Waals surface area contributed by atoms with Crippen LogP contribution < -0.4 is 11.2 Å². The number of hydrogen-bond donors (Lipinski definition) is 2. The second-order valence-corrected chi connectivity index (χ2v) is 5.52. The molecule has 0 aliphatic carbocycles. The van der Waals surface area contributed by atoms with E-state index in [9.17, 15) is 14.7 Å². The molecule has 136 valence electrons. The van der Waals surface area contributed by atoms with Gasteiger partial charge in [0.25, 0.3) is 5.56 Å². The van der Waals surface area contributed by atoms with Crippen molar-refractivity contribution < 1.29 is 15.7 Å². The van der Waals surface area contributed by atoms with Gasteiger partial charge in [0.2, 0.25) is 0 Å². The number of imidazole rings is 1. The molecule has 0 spiro atoms. The topological polar surface area (TPSA) is 134 Å². The van der Waals surface area contributed by atoms with E-state index in [4.69, 9.17) is 5.11 Å². The van der Waals surface area contributed by atoms with Gasteiger partial charge in [0.15, 0.2) is 11.2 Å². The Bertz CT molecular complexity index is 776. The second kappa shape index (κ2) is 8.76. The van der Waals surface area contributed by atoms with Crippen molar-refractivity contribution >= 4 is 11.2 Å². The molecule has 2 aromatic heterocycles. The number of aromatic nitrogens is 4. The first-order valence-electron chi connectivity index (χ1n) is 8.02. The zero-order valence-electron chi connectivity index (χ0n) is 14.1. The van der Waals surface area contributed by atoms with E-state index >= 15 is 0 Å². The Labute approximate surface area is 139 Å². The van der Waals surface area contributed by atoms with E-state index in [1.54, 1.807) is 17.8 Å². The van der Waals surface area contributed by atoms with Gasteiger partial charge in [-0.15, -0.1) is 0 Å². The lowest BCUT2D eigenvalue weighted by molar-refractivity contribution is 0.0859. The molecule has 2 heterocycles. The third-order valence-corrected chi connectivity index (χ3v) is 4.01. The fraction of sp³-hybridized carbons (Fsp3) is 0.667. The van der Waals surface area contributed by atoms with Crippen molar-refractivity contribution in [3.05, 3.63) is 27.2 Å². The van der Waals surface area contributed by atoms with Gasteiger partial charge in [0, 0.05) is 19.6 Å². The highest BCUT2D eigenvalue weighted by Gasteiger charge is 2.16. The van der Waals surface area contributed by atoms with E-state index in [1.165, 1.54) is 9.13 Å². The maximum absolute atomic E-state index is 12.5. The van der Waals surface area contributed by atoms with Crippen molar-refractivity contribution in [2.75, 3.05) is 6.61 Å². The largest absolute Gasteiger partial charge is 0.412 e. The highest BCUT2D eigenvalue weighted by molar-refractivity contribution is 5.70. The summed E-state index contributed by atoms with van der Waals surface area (Å²) in [6.07, 6.45) is 2.88. The van der Waals surface area contributed by atoms with E-state index < -0.39 is 6.10 Å². The summed E-state index contributed by atoms with van der Waals surface area (Å²) in [5.41, 5.74) is 0.215. The predicted molar refractivity (Wildman–Crippen MR) is 90.2 cm³/mol. The van der Waals surface area contributed by atoms with Crippen LogP contribution in [0.1, 0.15) is 33.1 Å². The van der Waals surface area contributed by atoms with Crippen molar-refractivity contribution in [1.29, 1.82) is 0 Å². The number of aryl methyl sites for hydroxylation is 2. The van der Waals surface area contributed by atoms with Crippen molar-refractivity contribution in [2.45, 2.75) is 58.8 Å². The number of hydrogen-bond acceptors (Lipinski definition) is 5. The summed E-state index contributed by atoms with van der Waals surface area (Å²) < 4.78 is 4.49. The Hall–Kier alpha value is -1.97. The van der Waals surface area contributed by atoms with Crippen molar-refractivity contribution in [1.82, 2.24) is 18.7 Å². The zero-order chi connectivity index (χ0) is 17.0. The Kier molecular flexibility index (Phi) is 7.33. The first kappa shape index (κ1) is 20.1. The van der Waals surface area contributed by atoms with Crippen LogP contribution in [-0.4, -0.2) is 47.1 Å². The fourth-order valence-electron chi connectivity index (χ4n) is 2.73. The van der Waals surface area contributed by atoms with Crippen LogP contribution in [0.25, 0.3) is 11.2 Å². The summed E-state index contributed by atoms with van der Waals surface area (Å²) in [6, 6.07) is 0. The van der Waals surface area contributed by atoms with Crippen molar-refractivity contribution in [2.24, 2.45) is 0 Å². The van der Waals surface area contributed by atoms with Gasteiger partial charge in [-0.25, -0.2) is 9.78 Å². The molecule has 1 atom stereocenters. The molecule has 9 heteroatoms. The lowest BCUT2D eigenvalue weighted by Gasteiger charge is -2.10. The number of rotatable bonds is 8. The van der Waals surface area contributed by atoms with Gasteiger partial charge >= 0.3 is 5.69 Å². The third-order valence-electron chi connectivity index (χ3n) is 4.01. The summed E-state index contributed by atoms with van der Waals surface area (Å²) in [5.74, 6) is 0. The molecule has 0 aliphatic heterocycles. The SMILES string of the molecule is CCn1c(=O)c2c(ncn2CCCCC(O)CO)n(CC)c1=O.O. The van der Waals surface area contributed by atoms with Crippen LogP contribution >= 0.6 is 0 Å². The molecule has 2 aromatic rings. The molecule has 2 rings (SSSR count). The molecule has 0 aromatic carbocycles. The van der Waals surface area contributed by atoms with Crippen LogP contribution in [0.2, 0.25) is 0 Å². The van der Waals surface area contributed by atoms with Gasteiger partial charge in [0.05, 0.1) is 19.0 Å².